The zero-order valence-corrected chi connectivity index (χ0v) is 13.2. The molecule has 0 bridgehead atoms. The van der Waals surface area contributed by atoms with Gasteiger partial charge in [-0.2, -0.15) is 0 Å². The van der Waals surface area contributed by atoms with Crippen molar-refractivity contribution in [1.82, 2.24) is 4.90 Å². The van der Waals surface area contributed by atoms with Gasteiger partial charge in [0.05, 0.1) is 13.0 Å². The van der Waals surface area contributed by atoms with Crippen molar-refractivity contribution >= 4 is 33.5 Å². The Bertz CT molecular complexity index is 460. The van der Waals surface area contributed by atoms with Crippen LogP contribution in [-0.4, -0.2) is 41.0 Å². The molecule has 0 fully saturated rings. The standard InChI is InChI=1S/C14H19BrN2O3/c1-10(2)17(8-7-14(19)20)9-13(18)16-12-5-3-11(15)4-6-12/h3-6,10H,7-9H2,1-2H3,(H,16,18)(H,19,20). The molecule has 0 aliphatic heterocycles. The Labute approximate surface area is 127 Å². The van der Waals surface area contributed by atoms with Crippen LogP contribution in [0.2, 0.25) is 0 Å². The Kier molecular flexibility index (Phi) is 6.67. The molecule has 2 N–H and O–H groups in total. The second kappa shape index (κ2) is 8.01. The molecule has 6 heteroatoms. The van der Waals surface area contributed by atoms with Gasteiger partial charge in [0.15, 0.2) is 0 Å². The highest BCUT2D eigenvalue weighted by Gasteiger charge is 2.15. The molecule has 110 valence electrons. The fourth-order valence-corrected chi connectivity index (χ4v) is 1.94. The van der Waals surface area contributed by atoms with E-state index in [1.54, 1.807) is 12.1 Å². The van der Waals surface area contributed by atoms with Crippen LogP contribution in [0.1, 0.15) is 20.3 Å². The summed E-state index contributed by atoms with van der Waals surface area (Å²) in [6.45, 7) is 4.42. The molecule has 0 saturated heterocycles. The number of carbonyl (C=O) groups excluding carboxylic acids is 1. The minimum Gasteiger partial charge on any atom is -0.481 e. The molecule has 0 aliphatic carbocycles. The number of carbonyl (C=O) groups is 2. The van der Waals surface area contributed by atoms with Gasteiger partial charge >= 0.3 is 5.97 Å². The molecule has 1 aromatic rings. The van der Waals surface area contributed by atoms with E-state index in [0.717, 1.165) is 10.2 Å². The number of benzene rings is 1. The molecule has 0 heterocycles. The lowest BCUT2D eigenvalue weighted by Crippen LogP contribution is -2.39. The quantitative estimate of drug-likeness (QED) is 0.798. The lowest BCUT2D eigenvalue weighted by molar-refractivity contribution is -0.137. The van der Waals surface area contributed by atoms with Gasteiger partial charge in [-0.3, -0.25) is 14.5 Å². The van der Waals surface area contributed by atoms with Crippen LogP contribution in [0.5, 0.6) is 0 Å². The zero-order chi connectivity index (χ0) is 15.1. The molecule has 0 radical (unpaired) electrons. The van der Waals surface area contributed by atoms with Crippen molar-refractivity contribution in [2.24, 2.45) is 0 Å². The highest BCUT2D eigenvalue weighted by Crippen LogP contribution is 2.14. The number of hydrogen-bond acceptors (Lipinski definition) is 3. The van der Waals surface area contributed by atoms with Crippen LogP contribution in [-0.2, 0) is 9.59 Å². The molecule has 0 aliphatic rings. The summed E-state index contributed by atoms with van der Waals surface area (Å²) >= 11 is 3.33. The number of anilines is 1. The van der Waals surface area contributed by atoms with Gasteiger partial charge in [0.25, 0.3) is 0 Å². The molecule has 1 amide bonds. The summed E-state index contributed by atoms with van der Waals surface area (Å²) < 4.78 is 0.945. The van der Waals surface area contributed by atoms with Crippen LogP contribution < -0.4 is 5.32 Å². The van der Waals surface area contributed by atoms with Gasteiger partial charge in [0.2, 0.25) is 5.91 Å². The number of nitrogens with one attached hydrogen (secondary N) is 1. The average molecular weight is 343 g/mol. The second-order valence-corrected chi connectivity index (χ2v) is 5.68. The van der Waals surface area contributed by atoms with Gasteiger partial charge in [-0.15, -0.1) is 0 Å². The first-order chi connectivity index (χ1) is 9.38. The van der Waals surface area contributed by atoms with E-state index in [9.17, 15) is 9.59 Å². The highest BCUT2D eigenvalue weighted by molar-refractivity contribution is 9.10. The molecule has 0 saturated carbocycles. The maximum absolute atomic E-state index is 11.9. The largest absolute Gasteiger partial charge is 0.481 e. The fraction of sp³-hybridized carbons (Fsp3) is 0.429. The van der Waals surface area contributed by atoms with Gasteiger partial charge in [-0.25, -0.2) is 0 Å². The lowest BCUT2D eigenvalue weighted by Gasteiger charge is -2.25. The number of rotatable bonds is 7. The van der Waals surface area contributed by atoms with Gasteiger partial charge in [-0.1, -0.05) is 15.9 Å². The predicted octanol–water partition coefficient (Wildman–Crippen LogP) is 2.57. The normalized spacial score (nSPS) is 10.8. The second-order valence-electron chi connectivity index (χ2n) is 4.76. The van der Waals surface area contributed by atoms with Crippen molar-refractivity contribution in [1.29, 1.82) is 0 Å². The third-order valence-electron chi connectivity index (χ3n) is 2.82. The summed E-state index contributed by atoms with van der Waals surface area (Å²) in [6.07, 6.45) is 0.0315. The summed E-state index contributed by atoms with van der Waals surface area (Å²) in [6, 6.07) is 7.42. The van der Waals surface area contributed by atoms with E-state index in [1.807, 2.05) is 30.9 Å². The van der Waals surface area contributed by atoms with E-state index < -0.39 is 5.97 Å². The number of amides is 1. The first kappa shape index (κ1) is 16.7. The van der Waals surface area contributed by atoms with E-state index in [4.69, 9.17) is 5.11 Å². The molecular formula is C14H19BrN2O3. The van der Waals surface area contributed by atoms with Crippen LogP contribution in [0.3, 0.4) is 0 Å². The summed E-state index contributed by atoms with van der Waals surface area (Å²) in [5.41, 5.74) is 0.722. The maximum Gasteiger partial charge on any atom is 0.304 e. The van der Waals surface area contributed by atoms with Gasteiger partial charge in [-0.05, 0) is 38.1 Å². The third kappa shape index (κ3) is 6.16. The van der Waals surface area contributed by atoms with Crippen molar-refractivity contribution in [3.05, 3.63) is 28.7 Å². The number of hydrogen-bond donors (Lipinski definition) is 2. The number of carboxylic acids is 1. The van der Waals surface area contributed by atoms with Crippen LogP contribution >= 0.6 is 15.9 Å². The van der Waals surface area contributed by atoms with Crippen molar-refractivity contribution in [3.8, 4) is 0 Å². The first-order valence-corrected chi connectivity index (χ1v) is 7.19. The topological polar surface area (TPSA) is 69.6 Å². The molecule has 1 rings (SSSR count). The third-order valence-corrected chi connectivity index (χ3v) is 3.35. The average Bonchev–Trinajstić information content (AvgIpc) is 2.36. The van der Waals surface area contributed by atoms with Crippen molar-refractivity contribution < 1.29 is 14.7 Å². The summed E-state index contributed by atoms with van der Waals surface area (Å²) in [5.74, 6) is -1.00. The number of halogens is 1. The fourth-order valence-electron chi connectivity index (χ4n) is 1.68. The summed E-state index contributed by atoms with van der Waals surface area (Å²) in [7, 11) is 0. The Morgan fingerprint density at radius 1 is 1.30 bits per heavy atom. The molecule has 0 atom stereocenters. The van der Waals surface area contributed by atoms with Gasteiger partial charge in [0.1, 0.15) is 0 Å². The molecule has 20 heavy (non-hydrogen) atoms. The molecule has 1 aromatic carbocycles. The minimum atomic E-state index is -0.857. The molecular weight excluding hydrogens is 324 g/mol. The van der Waals surface area contributed by atoms with E-state index in [0.29, 0.717) is 6.54 Å². The Hall–Kier alpha value is -1.40. The summed E-state index contributed by atoms with van der Waals surface area (Å²) in [4.78, 5) is 24.4. The van der Waals surface area contributed by atoms with Crippen LogP contribution in [0.25, 0.3) is 0 Å². The van der Waals surface area contributed by atoms with E-state index in [2.05, 4.69) is 21.2 Å². The Morgan fingerprint density at radius 2 is 1.90 bits per heavy atom. The van der Waals surface area contributed by atoms with E-state index in [-0.39, 0.29) is 24.9 Å². The van der Waals surface area contributed by atoms with E-state index >= 15 is 0 Å². The van der Waals surface area contributed by atoms with Crippen LogP contribution in [0.4, 0.5) is 5.69 Å². The molecule has 0 aromatic heterocycles. The highest BCUT2D eigenvalue weighted by atomic mass is 79.9. The lowest BCUT2D eigenvalue weighted by atomic mass is 10.2. The van der Waals surface area contributed by atoms with Crippen molar-refractivity contribution in [2.75, 3.05) is 18.4 Å². The molecule has 0 unspecified atom stereocenters. The number of carboxylic acid groups (broad SMARTS) is 1. The Balaban J connectivity index is 2.53. The maximum atomic E-state index is 11.9. The number of nitrogens with zero attached hydrogens (tertiary/aromatic N) is 1. The first-order valence-electron chi connectivity index (χ1n) is 6.39. The summed E-state index contributed by atoms with van der Waals surface area (Å²) in [5, 5.41) is 11.5. The smallest absolute Gasteiger partial charge is 0.304 e. The van der Waals surface area contributed by atoms with Crippen molar-refractivity contribution in [2.45, 2.75) is 26.3 Å². The molecule has 0 spiro atoms. The Morgan fingerprint density at radius 3 is 2.40 bits per heavy atom. The van der Waals surface area contributed by atoms with Crippen LogP contribution in [0, 0.1) is 0 Å². The predicted molar refractivity (Wildman–Crippen MR) is 81.7 cm³/mol. The SMILES string of the molecule is CC(C)N(CCC(=O)O)CC(=O)Nc1ccc(Br)cc1. The van der Waals surface area contributed by atoms with Gasteiger partial charge in [0, 0.05) is 22.7 Å². The minimum absolute atomic E-state index is 0.0315. The number of aliphatic carboxylic acids is 1. The van der Waals surface area contributed by atoms with Crippen molar-refractivity contribution in [3.63, 3.8) is 0 Å². The molecule has 5 nitrogen and oxygen atoms in total. The van der Waals surface area contributed by atoms with E-state index in [1.165, 1.54) is 0 Å². The zero-order valence-electron chi connectivity index (χ0n) is 11.6. The van der Waals surface area contributed by atoms with Gasteiger partial charge < -0.3 is 10.4 Å². The van der Waals surface area contributed by atoms with Crippen LogP contribution in [0.15, 0.2) is 28.7 Å². The monoisotopic (exact) mass is 342 g/mol.